The van der Waals surface area contributed by atoms with Crippen LogP contribution in [0.25, 0.3) is 53.6 Å². The van der Waals surface area contributed by atoms with E-state index in [1.54, 1.807) is 0 Å². The Morgan fingerprint density at radius 1 is 0.333 bits per heavy atom. The molecule has 16 rings (SSSR count). The first-order valence-electron chi connectivity index (χ1n) is 24.7. The van der Waals surface area contributed by atoms with Gasteiger partial charge in [0.2, 0.25) is 0 Å². The molecule has 0 atom stereocenters. The average Bonchev–Trinajstić information content (AvgIpc) is 4.08. The highest BCUT2D eigenvalue weighted by Crippen LogP contribution is 2.67. The Balaban J connectivity index is 0.980. The van der Waals surface area contributed by atoms with Crippen molar-refractivity contribution in [2.45, 2.75) is 20.6 Å². The molecule has 2 aliphatic heterocycles. The number of rotatable bonds is 4. The van der Waals surface area contributed by atoms with Crippen LogP contribution in [0.1, 0.15) is 44.5 Å². The highest BCUT2D eigenvalue weighted by Gasteiger charge is 2.54. The molecule has 72 heavy (non-hydrogen) atoms. The molecule has 0 amide bonds. The first-order valence-corrected chi connectivity index (χ1v) is 26.4. The van der Waals surface area contributed by atoms with Gasteiger partial charge in [-0.3, -0.25) is 0 Å². The van der Waals surface area contributed by atoms with Crippen LogP contribution in [-0.2, 0) is 10.8 Å². The lowest BCUT2D eigenvalue weighted by atomic mass is 9.66. The second-order valence-electron chi connectivity index (χ2n) is 19.4. The van der Waals surface area contributed by atoms with Gasteiger partial charge in [-0.2, -0.15) is 0 Å². The van der Waals surface area contributed by atoms with E-state index in [1.807, 2.05) is 23.1 Å². The van der Waals surface area contributed by atoms with Gasteiger partial charge in [-0.15, -0.1) is 11.3 Å². The zero-order chi connectivity index (χ0) is 47.1. The maximum absolute atomic E-state index is 6.77. The van der Waals surface area contributed by atoms with Crippen molar-refractivity contribution in [2.24, 2.45) is 0 Å². The SMILES string of the molecule is c1ccc2c(c1)Oc1ccccc1C21c2ccccc2-c2c(N(c3ccc(-c4ccc5c(c4)sc4ccccc45)cc3)c3cccc4c3-c3ccccc3C43c4ccccc4Sc4ccccc43)cccc21. The summed E-state index contributed by atoms with van der Waals surface area (Å²) in [5.74, 6) is 1.78. The van der Waals surface area contributed by atoms with Gasteiger partial charge >= 0.3 is 0 Å². The van der Waals surface area contributed by atoms with Gasteiger partial charge < -0.3 is 9.64 Å². The van der Waals surface area contributed by atoms with Crippen molar-refractivity contribution in [3.63, 3.8) is 0 Å². The van der Waals surface area contributed by atoms with Crippen molar-refractivity contribution in [1.82, 2.24) is 0 Å². The maximum atomic E-state index is 6.77. The molecule has 336 valence electrons. The van der Waals surface area contributed by atoms with Crippen LogP contribution in [0, 0.1) is 0 Å². The summed E-state index contributed by atoms with van der Waals surface area (Å²) < 4.78 is 9.40. The number of hydrogen-bond donors (Lipinski definition) is 0. The molecule has 0 saturated carbocycles. The van der Waals surface area contributed by atoms with E-state index in [0.717, 1.165) is 39.7 Å². The van der Waals surface area contributed by atoms with E-state index < -0.39 is 10.8 Å². The van der Waals surface area contributed by atoms with Crippen LogP contribution in [0.3, 0.4) is 0 Å². The van der Waals surface area contributed by atoms with Gasteiger partial charge in [0, 0.05) is 57.9 Å². The lowest BCUT2D eigenvalue weighted by Gasteiger charge is -2.40. The molecule has 2 spiro atoms. The zero-order valence-corrected chi connectivity index (χ0v) is 40.5. The highest BCUT2D eigenvalue weighted by molar-refractivity contribution is 7.99. The molecule has 0 radical (unpaired) electrons. The van der Waals surface area contributed by atoms with Crippen molar-refractivity contribution in [2.75, 3.05) is 4.90 Å². The summed E-state index contributed by atoms with van der Waals surface area (Å²) >= 11 is 3.76. The number of thiophene rings is 1. The third kappa shape index (κ3) is 5.25. The molecule has 3 heterocycles. The molecule has 4 aliphatic rings. The van der Waals surface area contributed by atoms with Gasteiger partial charge in [0.1, 0.15) is 11.5 Å². The van der Waals surface area contributed by atoms with E-state index in [2.05, 4.69) is 254 Å². The van der Waals surface area contributed by atoms with Gasteiger partial charge in [-0.05, 0) is 116 Å². The molecule has 11 aromatic carbocycles. The van der Waals surface area contributed by atoms with Gasteiger partial charge in [-0.1, -0.05) is 200 Å². The van der Waals surface area contributed by atoms with Crippen LogP contribution in [0.4, 0.5) is 17.1 Å². The number of nitrogens with zero attached hydrogens (tertiary/aromatic N) is 1. The average molecular weight is 952 g/mol. The summed E-state index contributed by atoms with van der Waals surface area (Å²) in [7, 11) is 0. The number of para-hydroxylation sites is 2. The monoisotopic (exact) mass is 951 g/mol. The van der Waals surface area contributed by atoms with E-state index in [0.29, 0.717) is 0 Å². The largest absolute Gasteiger partial charge is 0.457 e. The van der Waals surface area contributed by atoms with Crippen molar-refractivity contribution in [3.8, 4) is 44.9 Å². The van der Waals surface area contributed by atoms with Crippen LogP contribution in [0.15, 0.2) is 259 Å². The van der Waals surface area contributed by atoms with Gasteiger partial charge in [0.25, 0.3) is 0 Å². The highest BCUT2D eigenvalue weighted by atomic mass is 32.2. The minimum atomic E-state index is -0.614. The third-order valence-electron chi connectivity index (χ3n) is 16.0. The van der Waals surface area contributed by atoms with Crippen molar-refractivity contribution in [1.29, 1.82) is 0 Å². The molecule has 1 aromatic heterocycles. The molecule has 0 bridgehead atoms. The molecular formula is C68H41NOS2. The normalized spacial score (nSPS) is 14.4. The number of hydrogen-bond acceptors (Lipinski definition) is 4. The van der Waals surface area contributed by atoms with Crippen LogP contribution in [-0.4, -0.2) is 0 Å². The Kier molecular flexibility index (Phi) is 8.43. The fraction of sp³-hybridized carbons (Fsp3) is 0.0294. The van der Waals surface area contributed by atoms with Crippen molar-refractivity contribution >= 4 is 60.3 Å². The Morgan fingerprint density at radius 2 is 0.792 bits per heavy atom. The Morgan fingerprint density at radius 3 is 1.40 bits per heavy atom. The van der Waals surface area contributed by atoms with Gasteiger partial charge in [-0.25, -0.2) is 0 Å². The third-order valence-corrected chi connectivity index (χ3v) is 18.3. The second kappa shape index (κ2) is 15.1. The van der Waals surface area contributed by atoms with Crippen molar-refractivity contribution in [3.05, 3.63) is 293 Å². The number of benzene rings is 11. The summed E-state index contributed by atoms with van der Waals surface area (Å²) in [4.78, 5) is 5.17. The van der Waals surface area contributed by atoms with Gasteiger partial charge in [0.15, 0.2) is 0 Å². The van der Waals surface area contributed by atoms with Crippen LogP contribution < -0.4 is 9.64 Å². The molecule has 4 heteroatoms. The smallest absolute Gasteiger partial charge is 0.132 e. The number of fused-ring (bicyclic) bond motifs is 21. The fourth-order valence-corrected chi connectivity index (χ4v) is 15.6. The minimum absolute atomic E-state index is 0.522. The van der Waals surface area contributed by atoms with Gasteiger partial charge in [0.05, 0.1) is 22.2 Å². The minimum Gasteiger partial charge on any atom is -0.457 e. The second-order valence-corrected chi connectivity index (χ2v) is 21.5. The fourth-order valence-electron chi connectivity index (χ4n) is 13.3. The molecule has 0 N–H and O–H groups in total. The Bertz CT molecular complexity index is 3970. The topological polar surface area (TPSA) is 12.5 Å². The predicted molar refractivity (Wildman–Crippen MR) is 298 cm³/mol. The van der Waals surface area contributed by atoms with Crippen LogP contribution in [0.2, 0.25) is 0 Å². The Labute approximate surface area is 426 Å². The van der Waals surface area contributed by atoms with Crippen LogP contribution in [0.5, 0.6) is 11.5 Å². The molecular weight excluding hydrogens is 911 g/mol. The summed E-state index contributed by atoms with van der Waals surface area (Å²) in [6, 6.07) is 92.9. The molecule has 0 saturated heterocycles. The quantitative estimate of drug-likeness (QED) is 0.174. The van der Waals surface area contributed by atoms with Crippen molar-refractivity contribution < 1.29 is 4.74 Å². The van der Waals surface area contributed by atoms with E-state index in [-0.39, 0.29) is 0 Å². The van der Waals surface area contributed by atoms with E-state index in [4.69, 9.17) is 4.74 Å². The summed E-state index contributed by atoms with van der Waals surface area (Å²) in [5, 5.41) is 2.63. The Hall–Kier alpha value is -8.41. The molecule has 0 unspecified atom stereocenters. The first kappa shape index (κ1) is 40.3. The lowest BCUT2D eigenvalue weighted by Crippen LogP contribution is -2.32. The van der Waals surface area contributed by atoms with Crippen LogP contribution >= 0.6 is 23.1 Å². The molecule has 0 fully saturated rings. The summed E-state index contributed by atoms with van der Waals surface area (Å²) in [6.45, 7) is 0. The molecule has 2 aliphatic carbocycles. The number of ether oxygens (including phenoxy) is 1. The molecule has 12 aromatic rings. The number of anilines is 3. The lowest BCUT2D eigenvalue weighted by molar-refractivity contribution is 0.436. The first-order chi connectivity index (χ1) is 35.7. The summed E-state index contributed by atoms with van der Waals surface area (Å²) in [5.41, 5.74) is 19.7. The predicted octanol–water partition coefficient (Wildman–Crippen LogP) is 18.5. The summed E-state index contributed by atoms with van der Waals surface area (Å²) in [6.07, 6.45) is 0. The van der Waals surface area contributed by atoms with E-state index in [9.17, 15) is 0 Å². The van der Waals surface area contributed by atoms with E-state index >= 15 is 0 Å². The maximum Gasteiger partial charge on any atom is 0.132 e. The molecule has 2 nitrogen and oxygen atoms in total. The standard InChI is InChI=1S/C68H41NOS2/c1-4-20-49-47(18-1)65-55(67(49)51-22-6-10-30-59(51)70-60-31-11-7-23-52(60)67)26-15-28-57(65)69(44-38-35-42(36-39-44)43-37-40-46-45-17-3-12-32-61(45)71-64(46)41-43)58-29-16-27-56-66(58)48-19-2-5-21-50(48)68(56)53-24-8-13-33-62(53)72-63-34-14-9-25-54(63)68/h1-41H. The van der Waals surface area contributed by atoms with E-state index in [1.165, 1.54) is 96.7 Å². The zero-order valence-electron chi connectivity index (χ0n) is 38.8.